The second-order valence-corrected chi connectivity index (χ2v) is 6.52. The Labute approximate surface area is 153 Å². The van der Waals surface area contributed by atoms with Gasteiger partial charge in [0.25, 0.3) is 0 Å². The lowest BCUT2D eigenvalue weighted by atomic mass is 9.95. The Morgan fingerprint density at radius 1 is 1.04 bits per heavy atom. The summed E-state index contributed by atoms with van der Waals surface area (Å²) in [6.07, 6.45) is 3.85. The minimum absolute atomic E-state index is 0. The maximum absolute atomic E-state index is 3.57. The van der Waals surface area contributed by atoms with Gasteiger partial charge in [0.05, 0.1) is 0 Å². The van der Waals surface area contributed by atoms with Crippen molar-refractivity contribution in [1.29, 1.82) is 0 Å². The molecule has 2 aliphatic rings. The van der Waals surface area contributed by atoms with Crippen molar-refractivity contribution in [2.75, 3.05) is 39.3 Å². The van der Waals surface area contributed by atoms with Crippen molar-refractivity contribution in [2.45, 2.75) is 32.2 Å². The minimum atomic E-state index is 0. The lowest BCUT2D eigenvalue weighted by Gasteiger charge is -2.39. The predicted octanol–water partition coefficient (Wildman–Crippen LogP) is 3.04. The molecular weight excluding hydrogens is 329 g/mol. The summed E-state index contributed by atoms with van der Waals surface area (Å²) < 4.78 is 0. The summed E-state index contributed by atoms with van der Waals surface area (Å²) in [5, 5.41) is 7.12. The Hall–Kier alpha value is -0.320. The van der Waals surface area contributed by atoms with Crippen LogP contribution in [0.5, 0.6) is 0 Å². The zero-order valence-electron chi connectivity index (χ0n) is 14.1. The minimum Gasteiger partial charge on any atom is -0.316 e. The van der Waals surface area contributed by atoms with Crippen molar-refractivity contribution in [2.24, 2.45) is 5.92 Å². The predicted molar refractivity (Wildman–Crippen MR) is 103 cm³/mol. The normalized spacial score (nSPS) is 25.3. The highest BCUT2D eigenvalue weighted by atomic mass is 35.5. The van der Waals surface area contributed by atoms with Gasteiger partial charge < -0.3 is 10.6 Å². The Morgan fingerprint density at radius 3 is 2.43 bits per heavy atom. The topological polar surface area (TPSA) is 27.3 Å². The van der Waals surface area contributed by atoms with E-state index in [-0.39, 0.29) is 24.8 Å². The number of nitrogens with one attached hydrogen (secondary N) is 2. The number of hydrogen-bond acceptors (Lipinski definition) is 3. The van der Waals surface area contributed by atoms with E-state index in [2.05, 4.69) is 46.7 Å². The van der Waals surface area contributed by atoms with Crippen LogP contribution in [0.2, 0.25) is 0 Å². The van der Waals surface area contributed by atoms with E-state index in [4.69, 9.17) is 0 Å². The van der Waals surface area contributed by atoms with E-state index in [1.165, 1.54) is 50.1 Å². The number of benzene rings is 1. The highest BCUT2D eigenvalue weighted by Crippen LogP contribution is 2.25. The molecule has 0 aliphatic carbocycles. The van der Waals surface area contributed by atoms with Crippen molar-refractivity contribution in [3.63, 3.8) is 0 Å². The molecule has 0 bridgehead atoms. The van der Waals surface area contributed by atoms with Gasteiger partial charge in [0.15, 0.2) is 0 Å². The Balaban J connectivity index is 0.00000132. The summed E-state index contributed by atoms with van der Waals surface area (Å²) in [5.74, 6) is 0.828. The van der Waals surface area contributed by atoms with Crippen LogP contribution in [0.25, 0.3) is 0 Å². The summed E-state index contributed by atoms with van der Waals surface area (Å²) in [7, 11) is 0. The van der Waals surface area contributed by atoms with Gasteiger partial charge in [-0.1, -0.05) is 31.2 Å². The van der Waals surface area contributed by atoms with Crippen molar-refractivity contribution in [1.82, 2.24) is 15.5 Å². The first-order valence-electron chi connectivity index (χ1n) is 8.61. The number of halogens is 2. The van der Waals surface area contributed by atoms with E-state index in [9.17, 15) is 0 Å². The maximum Gasteiger partial charge on any atom is 0.0473 e. The highest BCUT2D eigenvalue weighted by Gasteiger charge is 2.26. The van der Waals surface area contributed by atoms with Gasteiger partial charge in [-0.3, -0.25) is 4.90 Å². The van der Waals surface area contributed by atoms with Crippen molar-refractivity contribution < 1.29 is 0 Å². The van der Waals surface area contributed by atoms with Crippen LogP contribution in [0.15, 0.2) is 24.3 Å². The number of piperazine rings is 1. The third-order valence-electron chi connectivity index (χ3n) is 5.02. The van der Waals surface area contributed by atoms with Crippen LogP contribution in [0.4, 0.5) is 0 Å². The Kier molecular flexibility index (Phi) is 9.48. The molecule has 0 aromatic heterocycles. The second kappa shape index (κ2) is 10.5. The zero-order chi connectivity index (χ0) is 14.5. The molecule has 0 saturated carbocycles. The quantitative estimate of drug-likeness (QED) is 0.864. The molecule has 2 fully saturated rings. The third kappa shape index (κ3) is 5.61. The van der Waals surface area contributed by atoms with Gasteiger partial charge in [0.2, 0.25) is 0 Å². The van der Waals surface area contributed by atoms with E-state index in [0.717, 1.165) is 25.4 Å². The third-order valence-corrected chi connectivity index (χ3v) is 5.02. The Bertz CT molecular complexity index is 432. The monoisotopic (exact) mass is 359 g/mol. The maximum atomic E-state index is 3.57. The van der Waals surface area contributed by atoms with E-state index < -0.39 is 0 Å². The smallest absolute Gasteiger partial charge is 0.0473 e. The first kappa shape index (κ1) is 20.7. The number of aryl methyl sites for hydroxylation is 1. The number of rotatable bonds is 4. The average molecular weight is 360 g/mol. The summed E-state index contributed by atoms with van der Waals surface area (Å²) in [6, 6.07) is 9.81. The molecule has 0 spiro atoms. The molecular formula is C18H31Cl2N3. The molecule has 2 heterocycles. The average Bonchev–Trinajstić information content (AvgIpc) is 2.56. The van der Waals surface area contributed by atoms with E-state index in [0.29, 0.717) is 6.04 Å². The first-order valence-corrected chi connectivity index (χ1v) is 8.61. The summed E-state index contributed by atoms with van der Waals surface area (Å²) in [5.41, 5.74) is 2.91. The second-order valence-electron chi connectivity index (χ2n) is 6.52. The zero-order valence-corrected chi connectivity index (χ0v) is 15.7. The lowest BCUT2D eigenvalue weighted by Crippen LogP contribution is -2.49. The first-order chi connectivity index (χ1) is 10.4. The van der Waals surface area contributed by atoms with E-state index >= 15 is 0 Å². The van der Waals surface area contributed by atoms with Crippen LogP contribution in [0, 0.1) is 5.92 Å². The molecule has 1 aromatic carbocycles. The number of piperidine rings is 1. The summed E-state index contributed by atoms with van der Waals surface area (Å²) in [6.45, 7) is 9.27. The van der Waals surface area contributed by atoms with Crippen LogP contribution in [-0.2, 0) is 6.42 Å². The van der Waals surface area contributed by atoms with E-state index in [1.807, 2.05) is 0 Å². The number of nitrogens with zero attached hydrogens (tertiary/aromatic N) is 1. The molecule has 0 amide bonds. The van der Waals surface area contributed by atoms with Crippen LogP contribution in [-0.4, -0.2) is 44.2 Å². The van der Waals surface area contributed by atoms with Gasteiger partial charge in [-0.2, -0.15) is 0 Å². The molecule has 3 nitrogen and oxygen atoms in total. The van der Waals surface area contributed by atoms with Crippen molar-refractivity contribution >= 4 is 24.8 Å². The standard InChI is InChI=1S/C18H29N3.2ClH/c1-2-15-5-7-17(8-6-15)18-13-20-10-11-21(18)14-16-4-3-9-19-12-16;;/h5-8,16,18-20H,2-4,9-14H2,1H3;2*1H. The van der Waals surface area contributed by atoms with E-state index in [1.54, 1.807) is 0 Å². The molecule has 5 heteroatoms. The number of hydrogen-bond donors (Lipinski definition) is 2. The largest absolute Gasteiger partial charge is 0.316 e. The van der Waals surface area contributed by atoms with Crippen LogP contribution in [0.1, 0.15) is 36.9 Å². The van der Waals surface area contributed by atoms with Crippen molar-refractivity contribution in [3.8, 4) is 0 Å². The van der Waals surface area contributed by atoms with Crippen LogP contribution < -0.4 is 10.6 Å². The fourth-order valence-electron chi connectivity index (χ4n) is 3.68. The molecule has 3 rings (SSSR count). The highest BCUT2D eigenvalue weighted by molar-refractivity contribution is 5.85. The van der Waals surface area contributed by atoms with Crippen LogP contribution >= 0.6 is 24.8 Å². The van der Waals surface area contributed by atoms with Crippen molar-refractivity contribution in [3.05, 3.63) is 35.4 Å². The van der Waals surface area contributed by atoms with Gasteiger partial charge in [0.1, 0.15) is 0 Å². The molecule has 1 aromatic rings. The molecule has 2 aliphatic heterocycles. The molecule has 2 N–H and O–H groups in total. The molecule has 2 atom stereocenters. The van der Waals surface area contributed by atoms with Gasteiger partial charge >= 0.3 is 0 Å². The SMILES string of the molecule is CCc1ccc(C2CNCCN2CC2CCCNC2)cc1.Cl.Cl. The van der Waals surface area contributed by atoms with Gasteiger partial charge in [-0.05, 0) is 49.4 Å². The fourth-order valence-corrected chi connectivity index (χ4v) is 3.68. The van der Waals surface area contributed by atoms with Gasteiger partial charge in [-0.15, -0.1) is 24.8 Å². The molecule has 23 heavy (non-hydrogen) atoms. The van der Waals surface area contributed by atoms with Crippen LogP contribution in [0.3, 0.4) is 0 Å². The summed E-state index contributed by atoms with van der Waals surface area (Å²) >= 11 is 0. The Morgan fingerprint density at radius 2 is 1.78 bits per heavy atom. The lowest BCUT2D eigenvalue weighted by molar-refractivity contribution is 0.127. The van der Waals surface area contributed by atoms with Gasteiger partial charge in [0, 0.05) is 32.2 Å². The molecule has 0 radical (unpaired) electrons. The van der Waals surface area contributed by atoms with Gasteiger partial charge in [-0.25, -0.2) is 0 Å². The molecule has 2 unspecified atom stereocenters. The molecule has 132 valence electrons. The molecule has 2 saturated heterocycles. The summed E-state index contributed by atoms with van der Waals surface area (Å²) in [4.78, 5) is 2.70. The fraction of sp³-hybridized carbons (Fsp3) is 0.667.